The van der Waals surface area contributed by atoms with Crippen molar-refractivity contribution in [3.63, 3.8) is 0 Å². The van der Waals surface area contributed by atoms with Crippen LogP contribution in [-0.2, 0) is 9.31 Å². The third kappa shape index (κ3) is 2.00. The van der Waals surface area contributed by atoms with E-state index in [2.05, 4.69) is 60.6 Å². The molecule has 0 N–H and O–H groups in total. The zero-order valence-corrected chi connectivity index (χ0v) is 12.0. The normalized spacial score (nSPS) is 29.2. The van der Waals surface area contributed by atoms with Crippen LogP contribution in [0.25, 0.3) is 0 Å². The van der Waals surface area contributed by atoms with E-state index < -0.39 is 0 Å². The van der Waals surface area contributed by atoms with Crippen LogP contribution < -0.4 is 0 Å². The summed E-state index contributed by atoms with van der Waals surface area (Å²) >= 11 is 0. The second-order valence-electron chi connectivity index (χ2n) is 6.78. The molecule has 1 aliphatic carbocycles. The van der Waals surface area contributed by atoms with Gasteiger partial charge in [-0.2, -0.15) is 0 Å². The summed E-state index contributed by atoms with van der Waals surface area (Å²) in [6, 6.07) is 0. The Morgan fingerprint density at radius 1 is 0.941 bits per heavy atom. The molecule has 0 radical (unpaired) electrons. The van der Waals surface area contributed by atoms with Crippen LogP contribution in [0.4, 0.5) is 0 Å². The van der Waals surface area contributed by atoms with Crippen molar-refractivity contribution in [3.8, 4) is 0 Å². The fraction of sp³-hybridized carbons (Fsp3) is 0.714. The van der Waals surface area contributed by atoms with Gasteiger partial charge in [-0.15, -0.1) is 0 Å². The van der Waals surface area contributed by atoms with Crippen molar-refractivity contribution in [2.75, 3.05) is 0 Å². The molecule has 2 nitrogen and oxygen atoms in total. The summed E-state index contributed by atoms with van der Waals surface area (Å²) in [6.45, 7) is 15.0. The van der Waals surface area contributed by atoms with Crippen LogP contribution in [0.3, 0.4) is 0 Å². The standard InChI is InChI=1S/C14H23BO2/c1-10-8-11(9-12(10,2)3)15-16-13(4,5)14(6,7)17-15/h8-9H,1-7H3. The lowest BCUT2D eigenvalue weighted by molar-refractivity contribution is 0.00578. The Bertz CT molecular complexity index is 386. The SMILES string of the molecule is CC1=CC(B2OC(C)(C)C(C)(C)O2)=CC1(C)C. The van der Waals surface area contributed by atoms with Gasteiger partial charge in [-0.05, 0) is 40.1 Å². The molecule has 0 saturated carbocycles. The minimum Gasteiger partial charge on any atom is -0.399 e. The number of hydrogen-bond acceptors (Lipinski definition) is 2. The minimum atomic E-state index is -0.257. The molecule has 1 heterocycles. The van der Waals surface area contributed by atoms with Gasteiger partial charge in [0.15, 0.2) is 0 Å². The Morgan fingerprint density at radius 3 is 1.76 bits per heavy atom. The molecule has 0 aromatic carbocycles. The Labute approximate surface area is 105 Å². The second-order valence-corrected chi connectivity index (χ2v) is 6.78. The van der Waals surface area contributed by atoms with Crippen LogP contribution in [0, 0.1) is 5.41 Å². The van der Waals surface area contributed by atoms with E-state index in [0.717, 1.165) is 5.47 Å². The molecular weight excluding hydrogens is 211 g/mol. The van der Waals surface area contributed by atoms with E-state index in [-0.39, 0.29) is 23.7 Å². The maximum atomic E-state index is 6.05. The highest BCUT2D eigenvalue weighted by molar-refractivity contribution is 6.55. The van der Waals surface area contributed by atoms with Crippen molar-refractivity contribution in [2.24, 2.45) is 5.41 Å². The molecule has 0 bridgehead atoms. The number of rotatable bonds is 1. The van der Waals surface area contributed by atoms with Gasteiger partial charge in [-0.1, -0.05) is 31.6 Å². The summed E-state index contributed by atoms with van der Waals surface area (Å²) < 4.78 is 12.1. The molecule has 1 saturated heterocycles. The first-order chi connectivity index (χ1) is 7.55. The minimum absolute atomic E-state index is 0.124. The largest absolute Gasteiger partial charge is 0.494 e. The van der Waals surface area contributed by atoms with E-state index >= 15 is 0 Å². The quantitative estimate of drug-likeness (QED) is 0.646. The molecule has 1 fully saturated rings. The zero-order valence-electron chi connectivity index (χ0n) is 12.0. The summed E-state index contributed by atoms with van der Waals surface area (Å²) in [5.41, 5.74) is 2.13. The molecule has 0 aromatic heterocycles. The van der Waals surface area contributed by atoms with E-state index in [1.54, 1.807) is 0 Å². The van der Waals surface area contributed by atoms with Crippen molar-refractivity contribution in [3.05, 3.63) is 23.2 Å². The molecule has 1 aliphatic heterocycles. The van der Waals surface area contributed by atoms with Crippen LogP contribution in [0.15, 0.2) is 23.2 Å². The van der Waals surface area contributed by atoms with Gasteiger partial charge in [0.25, 0.3) is 0 Å². The van der Waals surface area contributed by atoms with Crippen molar-refractivity contribution in [2.45, 2.75) is 59.7 Å². The molecule has 0 atom stereocenters. The van der Waals surface area contributed by atoms with Crippen LogP contribution in [0.1, 0.15) is 48.5 Å². The van der Waals surface area contributed by atoms with Gasteiger partial charge >= 0.3 is 7.12 Å². The monoisotopic (exact) mass is 234 g/mol. The third-order valence-corrected chi connectivity index (χ3v) is 4.45. The average Bonchev–Trinajstić information content (AvgIpc) is 2.49. The number of allylic oxidation sites excluding steroid dienone is 4. The van der Waals surface area contributed by atoms with E-state index in [4.69, 9.17) is 9.31 Å². The van der Waals surface area contributed by atoms with Gasteiger partial charge in [0.1, 0.15) is 0 Å². The zero-order chi connectivity index (χ0) is 13.1. The summed E-state index contributed by atoms with van der Waals surface area (Å²) in [5, 5.41) is 0. The summed E-state index contributed by atoms with van der Waals surface area (Å²) in [4.78, 5) is 0. The van der Waals surface area contributed by atoms with Crippen molar-refractivity contribution in [1.82, 2.24) is 0 Å². The van der Waals surface area contributed by atoms with Crippen LogP contribution in [-0.4, -0.2) is 18.3 Å². The molecule has 2 rings (SSSR count). The predicted octanol–water partition coefficient (Wildman–Crippen LogP) is 3.53. The highest BCUT2D eigenvalue weighted by atomic mass is 16.7. The smallest absolute Gasteiger partial charge is 0.399 e. The lowest BCUT2D eigenvalue weighted by Crippen LogP contribution is -2.41. The van der Waals surface area contributed by atoms with E-state index in [1.807, 2.05) is 0 Å². The van der Waals surface area contributed by atoms with Crippen molar-refractivity contribution in [1.29, 1.82) is 0 Å². The summed E-state index contributed by atoms with van der Waals surface area (Å²) in [6.07, 6.45) is 4.45. The van der Waals surface area contributed by atoms with E-state index in [1.165, 1.54) is 5.57 Å². The highest BCUT2D eigenvalue weighted by Crippen LogP contribution is 2.43. The number of hydrogen-bond donors (Lipinski definition) is 0. The first-order valence-corrected chi connectivity index (χ1v) is 6.32. The van der Waals surface area contributed by atoms with Crippen LogP contribution >= 0.6 is 0 Å². The predicted molar refractivity (Wildman–Crippen MR) is 71.7 cm³/mol. The van der Waals surface area contributed by atoms with Crippen molar-refractivity contribution < 1.29 is 9.31 Å². The highest BCUT2D eigenvalue weighted by Gasteiger charge is 2.52. The van der Waals surface area contributed by atoms with Gasteiger partial charge in [0.05, 0.1) is 11.2 Å². The fourth-order valence-electron chi connectivity index (χ4n) is 2.12. The Morgan fingerprint density at radius 2 is 1.41 bits per heavy atom. The molecule has 17 heavy (non-hydrogen) atoms. The lowest BCUT2D eigenvalue weighted by Gasteiger charge is -2.32. The van der Waals surface area contributed by atoms with E-state index in [0.29, 0.717) is 0 Å². The van der Waals surface area contributed by atoms with Gasteiger partial charge < -0.3 is 9.31 Å². The average molecular weight is 234 g/mol. The molecule has 2 aliphatic rings. The second kappa shape index (κ2) is 3.49. The first-order valence-electron chi connectivity index (χ1n) is 6.32. The Balaban J connectivity index is 2.25. The van der Waals surface area contributed by atoms with Gasteiger partial charge in [0, 0.05) is 5.41 Å². The molecule has 0 unspecified atom stereocenters. The third-order valence-electron chi connectivity index (χ3n) is 4.45. The van der Waals surface area contributed by atoms with Crippen molar-refractivity contribution >= 4 is 7.12 Å². The van der Waals surface area contributed by atoms with E-state index in [9.17, 15) is 0 Å². The fourth-order valence-corrected chi connectivity index (χ4v) is 2.12. The molecule has 94 valence electrons. The topological polar surface area (TPSA) is 18.5 Å². The summed E-state index contributed by atoms with van der Waals surface area (Å²) in [5.74, 6) is 0. The van der Waals surface area contributed by atoms with Crippen LogP contribution in [0.5, 0.6) is 0 Å². The van der Waals surface area contributed by atoms with Gasteiger partial charge in [-0.3, -0.25) is 0 Å². The van der Waals surface area contributed by atoms with Gasteiger partial charge in [0.2, 0.25) is 0 Å². The maximum Gasteiger partial charge on any atom is 0.494 e. The molecule has 3 heteroatoms. The Hall–Kier alpha value is -0.535. The Kier molecular flexibility index (Phi) is 2.65. The summed E-state index contributed by atoms with van der Waals surface area (Å²) in [7, 11) is -0.225. The molecule has 0 amide bonds. The van der Waals surface area contributed by atoms with Gasteiger partial charge in [-0.25, -0.2) is 0 Å². The lowest BCUT2D eigenvalue weighted by atomic mass is 9.78. The molecular formula is C14H23BO2. The van der Waals surface area contributed by atoms with Crippen LogP contribution in [0.2, 0.25) is 0 Å². The molecule has 0 aromatic rings. The molecule has 0 spiro atoms. The first kappa shape index (κ1) is 12.9. The maximum absolute atomic E-state index is 6.05.